The molecule has 5 aromatic rings. The van der Waals surface area contributed by atoms with E-state index in [0.717, 1.165) is 79.1 Å². The van der Waals surface area contributed by atoms with Crippen molar-refractivity contribution in [3.05, 3.63) is 90.8 Å². The molecule has 1 aliphatic heterocycles. The van der Waals surface area contributed by atoms with E-state index >= 15 is 0 Å². The van der Waals surface area contributed by atoms with Gasteiger partial charge in [-0.3, -0.25) is 0 Å². The number of hydrogen-bond acceptors (Lipinski definition) is 8. The van der Waals surface area contributed by atoms with Gasteiger partial charge in [-0.15, -0.1) is 0 Å². The molecule has 0 aliphatic carbocycles. The van der Waals surface area contributed by atoms with Crippen LogP contribution in [-0.2, 0) is 6.42 Å². The summed E-state index contributed by atoms with van der Waals surface area (Å²) in [6.07, 6.45) is 4.81. The maximum absolute atomic E-state index is 12.2. The summed E-state index contributed by atoms with van der Waals surface area (Å²) in [7, 11) is 0. The lowest BCUT2D eigenvalue weighted by Crippen LogP contribution is -2.36. The molecular formula is C34H38N8O3. The maximum Gasteiger partial charge on any atom is 0.323 e. The number of benzene rings is 3. The molecule has 11 nitrogen and oxygen atoms in total. The number of aliphatic hydroxyl groups excluding tert-OH is 1. The van der Waals surface area contributed by atoms with Gasteiger partial charge in [0.1, 0.15) is 23.4 Å². The molecule has 2 amide bonds. The first-order valence-corrected chi connectivity index (χ1v) is 15.4. The average molecular weight is 607 g/mol. The van der Waals surface area contributed by atoms with Gasteiger partial charge < -0.3 is 35.7 Å². The number of carbonyl (C=O) groups excluding carboxylic acids is 1. The van der Waals surface area contributed by atoms with E-state index in [1.165, 1.54) is 6.33 Å². The van der Waals surface area contributed by atoms with E-state index in [-0.39, 0.29) is 12.1 Å². The summed E-state index contributed by atoms with van der Waals surface area (Å²) in [5.74, 6) is 2.23. The number of imidazole rings is 1. The number of hydrogen-bond donors (Lipinski definition) is 5. The Hall–Kier alpha value is -5.00. The normalized spacial score (nSPS) is 13.9. The van der Waals surface area contributed by atoms with Crippen molar-refractivity contribution in [1.29, 1.82) is 0 Å². The van der Waals surface area contributed by atoms with Crippen molar-refractivity contribution in [2.24, 2.45) is 0 Å². The first-order chi connectivity index (χ1) is 22.1. The Bertz CT molecular complexity index is 1670. The minimum atomic E-state index is -0.284. The monoisotopic (exact) mass is 606 g/mol. The third-order valence-electron chi connectivity index (χ3n) is 7.81. The molecule has 2 aromatic heterocycles. The van der Waals surface area contributed by atoms with Gasteiger partial charge in [-0.25, -0.2) is 19.7 Å². The number of aliphatic hydroxyl groups is 1. The zero-order chi connectivity index (χ0) is 30.8. The summed E-state index contributed by atoms with van der Waals surface area (Å²) < 4.78 is 5.95. The number of amides is 2. The second kappa shape index (κ2) is 14.7. The second-order valence-corrected chi connectivity index (χ2v) is 11.1. The number of nitrogens with zero attached hydrogens (tertiary/aromatic N) is 4. The predicted molar refractivity (Wildman–Crippen MR) is 177 cm³/mol. The molecule has 232 valence electrons. The van der Waals surface area contributed by atoms with E-state index in [2.05, 4.69) is 40.8 Å². The van der Waals surface area contributed by atoms with Gasteiger partial charge in [0.25, 0.3) is 0 Å². The van der Waals surface area contributed by atoms with Crippen LogP contribution in [0.1, 0.15) is 24.8 Å². The number of para-hydroxylation sites is 1. The molecule has 1 saturated heterocycles. The summed E-state index contributed by atoms with van der Waals surface area (Å²) in [5, 5.41) is 18.7. The third-order valence-corrected chi connectivity index (χ3v) is 7.81. The molecule has 3 heterocycles. The van der Waals surface area contributed by atoms with Crippen LogP contribution in [0.3, 0.4) is 0 Å². The minimum Gasteiger partial charge on any atom is -0.494 e. The van der Waals surface area contributed by atoms with Gasteiger partial charge in [-0.05, 0) is 79.8 Å². The van der Waals surface area contributed by atoms with E-state index in [1.54, 1.807) is 0 Å². The van der Waals surface area contributed by atoms with Gasteiger partial charge in [0.05, 0.1) is 12.7 Å². The Kier molecular flexibility index (Phi) is 9.78. The zero-order valence-corrected chi connectivity index (χ0v) is 25.1. The fraction of sp³-hybridized carbons (Fsp3) is 0.294. The van der Waals surface area contributed by atoms with E-state index < -0.39 is 0 Å². The van der Waals surface area contributed by atoms with Crippen LogP contribution in [-0.4, -0.2) is 74.9 Å². The number of urea groups is 1. The topological polar surface area (TPSA) is 140 Å². The van der Waals surface area contributed by atoms with Crippen LogP contribution in [0.2, 0.25) is 0 Å². The van der Waals surface area contributed by atoms with Crippen LogP contribution < -0.4 is 20.7 Å². The fourth-order valence-electron chi connectivity index (χ4n) is 5.32. The van der Waals surface area contributed by atoms with E-state index in [4.69, 9.17) is 4.74 Å². The van der Waals surface area contributed by atoms with Crippen molar-refractivity contribution in [1.82, 2.24) is 24.8 Å². The lowest BCUT2D eigenvalue weighted by atomic mass is 10.1. The molecule has 1 aliphatic rings. The molecular weight excluding hydrogens is 568 g/mol. The number of anilines is 3. The first kappa shape index (κ1) is 30.0. The Morgan fingerprint density at radius 3 is 2.42 bits per heavy atom. The van der Waals surface area contributed by atoms with Gasteiger partial charge in [0.2, 0.25) is 0 Å². The largest absolute Gasteiger partial charge is 0.494 e. The number of H-pyrrole nitrogens is 1. The maximum atomic E-state index is 12.2. The quantitative estimate of drug-likeness (QED) is 0.117. The Balaban J connectivity index is 0.975. The molecule has 6 rings (SSSR count). The number of aromatic amines is 1. The van der Waals surface area contributed by atoms with Crippen LogP contribution in [0.15, 0.2) is 85.2 Å². The summed E-state index contributed by atoms with van der Waals surface area (Å²) in [6, 6.07) is 24.7. The Morgan fingerprint density at radius 2 is 1.67 bits per heavy atom. The first-order valence-electron chi connectivity index (χ1n) is 15.4. The zero-order valence-electron chi connectivity index (χ0n) is 25.1. The third kappa shape index (κ3) is 8.34. The molecule has 45 heavy (non-hydrogen) atoms. The van der Waals surface area contributed by atoms with Crippen molar-refractivity contribution in [2.75, 3.05) is 48.7 Å². The fourth-order valence-corrected chi connectivity index (χ4v) is 5.32. The summed E-state index contributed by atoms with van der Waals surface area (Å²) in [4.78, 5) is 31.5. The number of rotatable bonds is 12. The number of aromatic nitrogens is 4. The molecule has 0 radical (unpaired) electrons. The predicted octanol–water partition coefficient (Wildman–Crippen LogP) is 5.54. The Morgan fingerprint density at radius 1 is 0.933 bits per heavy atom. The lowest BCUT2D eigenvalue weighted by Gasteiger charge is -2.29. The van der Waals surface area contributed by atoms with E-state index in [9.17, 15) is 9.90 Å². The highest BCUT2D eigenvalue weighted by molar-refractivity contribution is 5.99. The second-order valence-electron chi connectivity index (χ2n) is 11.1. The summed E-state index contributed by atoms with van der Waals surface area (Å²) in [6.45, 7) is 4.22. The number of ether oxygens (including phenoxy) is 1. The SMILES string of the molecule is O=C(Nc1ccccc1)Nc1ccc(CCNc2ncnc3nc(-c4ccc(OCCCN5CCC(O)CC5)cc4)[nH]c23)cc1. The molecule has 0 saturated carbocycles. The van der Waals surface area contributed by atoms with Gasteiger partial charge >= 0.3 is 6.03 Å². The number of fused-ring (bicyclic) bond motifs is 1. The van der Waals surface area contributed by atoms with Crippen molar-refractivity contribution in [3.63, 3.8) is 0 Å². The molecule has 0 spiro atoms. The van der Waals surface area contributed by atoms with Crippen LogP contribution >= 0.6 is 0 Å². The standard InChI is InChI=1S/C34H38N8O3/c43-28-16-20-42(21-17-28)19-4-22-45-29-13-9-25(10-14-29)31-40-30-32(36-23-37-33(30)41-31)35-18-15-24-7-11-27(12-8-24)39-34(44)38-26-5-2-1-3-6-26/h1-3,5-14,23,28,43H,4,15-22H2,(H2,38,39,44)(H2,35,36,37,40,41). The highest BCUT2D eigenvalue weighted by Crippen LogP contribution is 2.25. The lowest BCUT2D eigenvalue weighted by molar-refractivity contribution is 0.0800. The number of likely N-dealkylation sites (tertiary alicyclic amines) is 1. The number of piperidine rings is 1. The van der Waals surface area contributed by atoms with Gasteiger partial charge in [-0.1, -0.05) is 30.3 Å². The van der Waals surface area contributed by atoms with Crippen LogP contribution in [0.5, 0.6) is 5.75 Å². The van der Waals surface area contributed by atoms with E-state index in [1.807, 2.05) is 78.9 Å². The molecule has 0 bridgehead atoms. The van der Waals surface area contributed by atoms with Crippen LogP contribution in [0, 0.1) is 0 Å². The molecule has 1 fully saturated rings. The van der Waals surface area contributed by atoms with Gasteiger partial charge in [-0.2, -0.15) is 0 Å². The van der Waals surface area contributed by atoms with Crippen molar-refractivity contribution in [3.8, 4) is 17.1 Å². The molecule has 5 N–H and O–H groups in total. The molecule has 11 heteroatoms. The molecule has 0 atom stereocenters. The van der Waals surface area contributed by atoms with Crippen molar-refractivity contribution in [2.45, 2.75) is 31.8 Å². The van der Waals surface area contributed by atoms with Gasteiger partial charge in [0.15, 0.2) is 11.5 Å². The Labute approximate surface area is 262 Å². The highest BCUT2D eigenvalue weighted by Gasteiger charge is 2.16. The van der Waals surface area contributed by atoms with Crippen LogP contribution in [0.25, 0.3) is 22.6 Å². The van der Waals surface area contributed by atoms with Crippen molar-refractivity contribution < 1.29 is 14.6 Å². The molecule has 3 aromatic carbocycles. The smallest absolute Gasteiger partial charge is 0.323 e. The molecule has 0 unspecified atom stereocenters. The highest BCUT2D eigenvalue weighted by atomic mass is 16.5. The van der Waals surface area contributed by atoms with Crippen LogP contribution in [0.4, 0.5) is 22.0 Å². The number of carbonyl (C=O) groups is 1. The van der Waals surface area contributed by atoms with E-state index in [0.29, 0.717) is 30.4 Å². The summed E-state index contributed by atoms with van der Waals surface area (Å²) in [5.41, 5.74) is 4.86. The van der Waals surface area contributed by atoms with Gasteiger partial charge in [0, 0.05) is 43.1 Å². The average Bonchev–Trinajstić information content (AvgIpc) is 3.51. The van der Waals surface area contributed by atoms with Crippen molar-refractivity contribution >= 4 is 34.4 Å². The number of nitrogens with one attached hydrogen (secondary N) is 4. The minimum absolute atomic E-state index is 0.139. The summed E-state index contributed by atoms with van der Waals surface area (Å²) >= 11 is 0.